The molecule has 1 saturated heterocycles. The van der Waals surface area contributed by atoms with Gasteiger partial charge in [0.15, 0.2) is 0 Å². The Balaban J connectivity index is 1.42. The molecule has 4 rings (SSSR count). The summed E-state index contributed by atoms with van der Waals surface area (Å²) in [5, 5.41) is 11.7. The predicted molar refractivity (Wildman–Crippen MR) is 100 cm³/mol. The Bertz CT molecular complexity index is 767. The van der Waals surface area contributed by atoms with E-state index in [-0.39, 0.29) is 5.91 Å². The van der Waals surface area contributed by atoms with Gasteiger partial charge in [-0.05, 0) is 57.0 Å². The molecule has 1 atom stereocenters. The van der Waals surface area contributed by atoms with Crippen molar-refractivity contribution in [1.29, 1.82) is 0 Å². The fourth-order valence-corrected chi connectivity index (χ4v) is 3.90. The first kappa shape index (κ1) is 17.2. The van der Waals surface area contributed by atoms with Crippen molar-refractivity contribution in [3.63, 3.8) is 0 Å². The van der Waals surface area contributed by atoms with Crippen LogP contribution in [0.3, 0.4) is 0 Å². The molecular formula is C20H27N5O. The number of nitrogens with zero attached hydrogens (tertiary/aromatic N) is 4. The Hall–Kier alpha value is -2.21. The van der Waals surface area contributed by atoms with Crippen LogP contribution in [0, 0.1) is 5.92 Å². The minimum atomic E-state index is -0.0120. The molecule has 2 heterocycles. The van der Waals surface area contributed by atoms with Gasteiger partial charge in [-0.1, -0.05) is 30.5 Å². The van der Waals surface area contributed by atoms with E-state index >= 15 is 0 Å². The molecule has 1 amide bonds. The molecule has 26 heavy (non-hydrogen) atoms. The number of likely N-dealkylation sites (tertiary alicyclic amines) is 1. The first-order valence-electron chi connectivity index (χ1n) is 9.72. The summed E-state index contributed by atoms with van der Waals surface area (Å²) in [6.45, 7) is 1.86. The molecule has 1 aliphatic heterocycles. The lowest BCUT2D eigenvalue weighted by Gasteiger charge is -2.25. The number of nitrogens with one attached hydrogen (secondary N) is 1. The van der Waals surface area contributed by atoms with Gasteiger partial charge in [-0.15, -0.1) is 5.10 Å². The lowest BCUT2D eigenvalue weighted by molar-refractivity contribution is 0.0949. The van der Waals surface area contributed by atoms with Gasteiger partial charge in [0.05, 0.1) is 17.9 Å². The molecule has 0 bridgehead atoms. The average molecular weight is 353 g/mol. The highest BCUT2D eigenvalue weighted by atomic mass is 16.1. The molecule has 0 spiro atoms. The Morgan fingerprint density at radius 2 is 2.15 bits per heavy atom. The quantitative estimate of drug-likeness (QED) is 0.867. The highest BCUT2D eigenvalue weighted by molar-refractivity contribution is 5.94. The van der Waals surface area contributed by atoms with Crippen LogP contribution >= 0.6 is 0 Å². The van der Waals surface area contributed by atoms with Crippen molar-refractivity contribution in [2.45, 2.75) is 44.6 Å². The third-order valence-electron chi connectivity index (χ3n) is 5.81. The summed E-state index contributed by atoms with van der Waals surface area (Å²) in [4.78, 5) is 14.7. The molecule has 1 aromatic heterocycles. The first-order chi connectivity index (χ1) is 12.7. The van der Waals surface area contributed by atoms with Crippen LogP contribution in [-0.2, 0) is 0 Å². The topological polar surface area (TPSA) is 63.1 Å². The van der Waals surface area contributed by atoms with Gasteiger partial charge >= 0.3 is 0 Å². The van der Waals surface area contributed by atoms with Crippen molar-refractivity contribution in [3.8, 4) is 5.69 Å². The van der Waals surface area contributed by atoms with Crippen LogP contribution in [0.15, 0.2) is 30.5 Å². The summed E-state index contributed by atoms with van der Waals surface area (Å²) in [5.74, 6) is 0.797. The summed E-state index contributed by atoms with van der Waals surface area (Å²) in [6, 6.07) is 7.95. The summed E-state index contributed by atoms with van der Waals surface area (Å²) in [7, 11) is 2.13. The average Bonchev–Trinajstić information content (AvgIpc) is 3.25. The van der Waals surface area contributed by atoms with Crippen molar-refractivity contribution >= 4 is 5.91 Å². The molecule has 1 aliphatic carbocycles. The number of carbonyl (C=O) groups excluding carboxylic acids is 1. The van der Waals surface area contributed by atoms with Crippen molar-refractivity contribution in [2.75, 3.05) is 20.1 Å². The van der Waals surface area contributed by atoms with Crippen molar-refractivity contribution < 1.29 is 4.79 Å². The lowest BCUT2D eigenvalue weighted by atomic mass is 9.83. The van der Waals surface area contributed by atoms with E-state index in [0.717, 1.165) is 43.2 Å². The molecule has 1 N–H and O–H groups in total. The summed E-state index contributed by atoms with van der Waals surface area (Å²) in [6.07, 6.45) is 9.37. The smallest absolute Gasteiger partial charge is 0.251 e. The number of carbonyl (C=O) groups is 1. The molecule has 1 unspecified atom stereocenters. The summed E-state index contributed by atoms with van der Waals surface area (Å²) in [5.41, 5.74) is 2.54. The molecule has 1 saturated carbocycles. The van der Waals surface area contributed by atoms with E-state index in [4.69, 9.17) is 0 Å². The highest BCUT2D eigenvalue weighted by Gasteiger charge is 2.25. The molecule has 138 valence electrons. The summed E-state index contributed by atoms with van der Waals surface area (Å²) >= 11 is 0. The maximum Gasteiger partial charge on any atom is 0.251 e. The summed E-state index contributed by atoms with van der Waals surface area (Å²) < 4.78 is 1.77. The fraction of sp³-hybridized carbons (Fsp3) is 0.550. The van der Waals surface area contributed by atoms with Gasteiger partial charge in [-0.2, -0.15) is 0 Å². The van der Waals surface area contributed by atoms with E-state index in [1.807, 2.05) is 30.5 Å². The molecular weight excluding hydrogens is 326 g/mol. The zero-order chi connectivity index (χ0) is 17.9. The van der Waals surface area contributed by atoms with Gasteiger partial charge in [0.25, 0.3) is 5.91 Å². The Morgan fingerprint density at radius 1 is 1.27 bits per heavy atom. The normalized spacial score (nSPS) is 20.9. The van der Waals surface area contributed by atoms with Crippen molar-refractivity contribution in [2.24, 2.45) is 5.92 Å². The van der Waals surface area contributed by atoms with E-state index in [9.17, 15) is 4.79 Å². The number of benzene rings is 1. The Labute approximate surface area is 154 Å². The number of amides is 1. The van der Waals surface area contributed by atoms with Gasteiger partial charge in [0.1, 0.15) is 5.69 Å². The maximum absolute atomic E-state index is 12.4. The standard InChI is InChI=1S/C20H27N5O/c1-24-12-4-9-19(24)18-14-25(23-22-18)17-8-3-7-16(13-17)20(26)21-11-10-15-5-2-6-15/h3,7-8,13-15,19H,2,4-6,9-12H2,1H3,(H,21,26). The monoisotopic (exact) mass is 353 g/mol. The number of rotatable bonds is 6. The van der Waals surface area contributed by atoms with Crippen LogP contribution in [0.4, 0.5) is 0 Å². The second-order valence-electron chi connectivity index (χ2n) is 7.62. The van der Waals surface area contributed by atoms with Crippen molar-refractivity contribution in [3.05, 3.63) is 41.7 Å². The number of aromatic nitrogens is 3. The minimum Gasteiger partial charge on any atom is -0.352 e. The van der Waals surface area contributed by atoms with Crippen LogP contribution in [0.25, 0.3) is 5.69 Å². The van der Waals surface area contributed by atoms with Crippen LogP contribution in [0.1, 0.15) is 60.6 Å². The van der Waals surface area contributed by atoms with Gasteiger partial charge in [0, 0.05) is 12.1 Å². The zero-order valence-corrected chi connectivity index (χ0v) is 15.4. The molecule has 2 fully saturated rings. The van der Waals surface area contributed by atoms with Gasteiger partial charge < -0.3 is 5.32 Å². The molecule has 2 aromatic rings. The van der Waals surface area contributed by atoms with E-state index in [1.54, 1.807) is 4.68 Å². The van der Waals surface area contributed by atoms with E-state index in [0.29, 0.717) is 11.6 Å². The third-order valence-corrected chi connectivity index (χ3v) is 5.81. The van der Waals surface area contributed by atoms with Gasteiger partial charge in [-0.3, -0.25) is 9.69 Å². The SMILES string of the molecule is CN1CCCC1c1cn(-c2cccc(C(=O)NCCC3CCC3)c2)nn1. The lowest BCUT2D eigenvalue weighted by Crippen LogP contribution is -2.27. The second-order valence-corrected chi connectivity index (χ2v) is 7.62. The minimum absolute atomic E-state index is 0.0120. The largest absolute Gasteiger partial charge is 0.352 e. The Morgan fingerprint density at radius 3 is 2.88 bits per heavy atom. The van der Waals surface area contributed by atoms with Crippen LogP contribution in [-0.4, -0.2) is 45.9 Å². The van der Waals surface area contributed by atoms with E-state index in [2.05, 4.69) is 27.6 Å². The van der Waals surface area contributed by atoms with E-state index in [1.165, 1.54) is 25.7 Å². The molecule has 2 aliphatic rings. The second kappa shape index (κ2) is 7.58. The highest BCUT2D eigenvalue weighted by Crippen LogP contribution is 2.29. The van der Waals surface area contributed by atoms with E-state index < -0.39 is 0 Å². The molecule has 6 heteroatoms. The first-order valence-corrected chi connectivity index (χ1v) is 9.72. The number of hydrogen-bond acceptors (Lipinski definition) is 4. The molecule has 6 nitrogen and oxygen atoms in total. The third kappa shape index (κ3) is 3.65. The molecule has 1 aromatic carbocycles. The van der Waals surface area contributed by atoms with Crippen LogP contribution < -0.4 is 5.32 Å². The van der Waals surface area contributed by atoms with Gasteiger partial charge in [0.2, 0.25) is 0 Å². The zero-order valence-electron chi connectivity index (χ0n) is 15.4. The fourth-order valence-electron chi connectivity index (χ4n) is 3.90. The van der Waals surface area contributed by atoms with Crippen LogP contribution in [0.2, 0.25) is 0 Å². The van der Waals surface area contributed by atoms with Crippen LogP contribution in [0.5, 0.6) is 0 Å². The molecule has 0 radical (unpaired) electrons. The maximum atomic E-state index is 12.4. The van der Waals surface area contributed by atoms with Crippen molar-refractivity contribution in [1.82, 2.24) is 25.2 Å². The predicted octanol–water partition coefficient (Wildman–Crippen LogP) is 2.95. The van der Waals surface area contributed by atoms with Gasteiger partial charge in [-0.25, -0.2) is 4.68 Å². The number of hydrogen-bond donors (Lipinski definition) is 1. The Kier molecular flexibility index (Phi) is 5.02.